The van der Waals surface area contributed by atoms with Gasteiger partial charge in [0.05, 0.1) is 12.2 Å². The maximum atomic E-state index is 11.9. The highest BCUT2D eigenvalue weighted by molar-refractivity contribution is 5.95. The molecule has 0 aliphatic carbocycles. The molecule has 20 heavy (non-hydrogen) atoms. The molecule has 0 spiro atoms. The van der Waals surface area contributed by atoms with Gasteiger partial charge in [0.25, 0.3) is 5.91 Å². The molecule has 0 radical (unpaired) electrons. The number of aryl methyl sites for hydroxylation is 2. The lowest BCUT2D eigenvalue weighted by molar-refractivity contribution is -0.137. The number of rotatable bonds is 7. The first-order valence-corrected chi connectivity index (χ1v) is 6.31. The zero-order valence-corrected chi connectivity index (χ0v) is 11.5. The Labute approximate surface area is 116 Å². The van der Waals surface area contributed by atoms with E-state index in [0.717, 1.165) is 5.69 Å². The number of carbonyl (C=O) groups excluding carboxylic acids is 2. The van der Waals surface area contributed by atoms with Crippen molar-refractivity contribution in [1.29, 1.82) is 0 Å². The number of carboxylic acid groups (broad SMARTS) is 1. The Morgan fingerprint density at radius 2 is 1.95 bits per heavy atom. The second-order valence-corrected chi connectivity index (χ2v) is 4.04. The summed E-state index contributed by atoms with van der Waals surface area (Å²) in [6.07, 6.45) is 0.715. The molecule has 1 heterocycles. The topological polar surface area (TPSA) is 113 Å². The molecule has 2 amide bonds. The normalized spacial score (nSPS) is 10.1. The van der Waals surface area contributed by atoms with Crippen LogP contribution in [-0.2, 0) is 22.6 Å². The summed E-state index contributed by atoms with van der Waals surface area (Å²) in [7, 11) is 0. The molecule has 1 rings (SSSR count). The van der Waals surface area contributed by atoms with E-state index < -0.39 is 24.3 Å². The van der Waals surface area contributed by atoms with Crippen LogP contribution in [0.2, 0.25) is 0 Å². The highest BCUT2D eigenvalue weighted by Crippen LogP contribution is 2.05. The second-order valence-electron chi connectivity index (χ2n) is 4.04. The van der Waals surface area contributed by atoms with Crippen LogP contribution < -0.4 is 10.6 Å². The zero-order chi connectivity index (χ0) is 15.1. The van der Waals surface area contributed by atoms with Gasteiger partial charge < -0.3 is 15.7 Å². The van der Waals surface area contributed by atoms with Crippen molar-refractivity contribution in [3.05, 3.63) is 17.5 Å². The highest BCUT2D eigenvalue weighted by atomic mass is 16.4. The number of nitrogens with zero attached hydrogens (tertiary/aromatic N) is 2. The highest BCUT2D eigenvalue weighted by Gasteiger charge is 2.14. The summed E-state index contributed by atoms with van der Waals surface area (Å²) in [5.41, 5.74) is 1.18. The van der Waals surface area contributed by atoms with Crippen molar-refractivity contribution in [3.8, 4) is 0 Å². The lowest BCUT2D eigenvalue weighted by Crippen LogP contribution is -2.39. The fourth-order valence-electron chi connectivity index (χ4n) is 1.55. The van der Waals surface area contributed by atoms with Crippen LogP contribution in [-0.4, -0.2) is 45.8 Å². The summed E-state index contributed by atoms with van der Waals surface area (Å²) in [6, 6.07) is 1.67. The van der Waals surface area contributed by atoms with Crippen molar-refractivity contribution in [2.45, 2.75) is 26.8 Å². The van der Waals surface area contributed by atoms with Crippen molar-refractivity contribution in [2.24, 2.45) is 0 Å². The first-order valence-electron chi connectivity index (χ1n) is 6.31. The van der Waals surface area contributed by atoms with E-state index >= 15 is 0 Å². The van der Waals surface area contributed by atoms with Crippen LogP contribution in [0.1, 0.15) is 30.0 Å². The van der Waals surface area contributed by atoms with E-state index in [-0.39, 0.29) is 6.54 Å². The monoisotopic (exact) mass is 282 g/mol. The van der Waals surface area contributed by atoms with Crippen molar-refractivity contribution in [2.75, 3.05) is 13.1 Å². The number of amides is 2. The number of carbonyl (C=O) groups is 3. The smallest absolute Gasteiger partial charge is 0.322 e. The zero-order valence-electron chi connectivity index (χ0n) is 11.5. The summed E-state index contributed by atoms with van der Waals surface area (Å²) < 4.78 is 1.56. The maximum absolute atomic E-state index is 11.9. The predicted octanol–water partition coefficient (Wildman–Crippen LogP) is -0.604. The van der Waals surface area contributed by atoms with Gasteiger partial charge in [0, 0.05) is 6.54 Å². The molecule has 0 unspecified atom stereocenters. The molecular formula is C12H18N4O4. The van der Waals surface area contributed by atoms with Crippen LogP contribution in [0.15, 0.2) is 6.07 Å². The van der Waals surface area contributed by atoms with Crippen molar-refractivity contribution in [1.82, 2.24) is 20.4 Å². The predicted molar refractivity (Wildman–Crippen MR) is 70.3 cm³/mol. The largest absolute Gasteiger partial charge is 0.480 e. The number of aromatic nitrogens is 2. The molecule has 1 aromatic heterocycles. The van der Waals surface area contributed by atoms with Gasteiger partial charge in [-0.15, -0.1) is 0 Å². The van der Waals surface area contributed by atoms with Gasteiger partial charge in [0.1, 0.15) is 12.2 Å². The van der Waals surface area contributed by atoms with Gasteiger partial charge in [-0.3, -0.25) is 19.1 Å². The van der Waals surface area contributed by atoms with E-state index in [1.54, 1.807) is 10.7 Å². The molecule has 0 aliphatic heterocycles. The molecule has 110 valence electrons. The standard InChI is InChI=1S/C12H18N4O4/c1-3-8-5-9(16(4-2)15-8)12(20)14-6-10(17)13-7-11(18)19/h5H,3-4,6-7H2,1-2H3,(H,13,17)(H,14,20)(H,18,19). The van der Waals surface area contributed by atoms with Gasteiger partial charge in [-0.2, -0.15) is 5.10 Å². The number of hydrogen-bond donors (Lipinski definition) is 3. The van der Waals surface area contributed by atoms with Crippen molar-refractivity contribution < 1.29 is 19.5 Å². The van der Waals surface area contributed by atoms with E-state index in [9.17, 15) is 14.4 Å². The summed E-state index contributed by atoms with van der Waals surface area (Å²) in [6.45, 7) is 3.60. The van der Waals surface area contributed by atoms with E-state index in [2.05, 4.69) is 15.7 Å². The molecular weight excluding hydrogens is 264 g/mol. The Kier molecular flexibility index (Phi) is 5.70. The summed E-state index contributed by atoms with van der Waals surface area (Å²) >= 11 is 0. The lowest BCUT2D eigenvalue weighted by atomic mass is 10.3. The third kappa shape index (κ3) is 4.38. The van der Waals surface area contributed by atoms with E-state index in [1.165, 1.54) is 0 Å². The minimum absolute atomic E-state index is 0.275. The van der Waals surface area contributed by atoms with Gasteiger partial charge in [0.15, 0.2) is 0 Å². The Hall–Kier alpha value is -2.38. The van der Waals surface area contributed by atoms with Crippen molar-refractivity contribution in [3.63, 3.8) is 0 Å². The molecule has 0 atom stereocenters. The molecule has 0 saturated carbocycles. The van der Waals surface area contributed by atoms with Gasteiger partial charge >= 0.3 is 5.97 Å². The average molecular weight is 282 g/mol. The average Bonchev–Trinajstić information content (AvgIpc) is 2.85. The van der Waals surface area contributed by atoms with Crippen molar-refractivity contribution >= 4 is 17.8 Å². The van der Waals surface area contributed by atoms with Gasteiger partial charge in [0.2, 0.25) is 5.91 Å². The van der Waals surface area contributed by atoms with E-state index in [4.69, 9.17) is 5.11 Å². The third-order valence-electron chi connectivity index (χ3n) is 2.57. The van der Waals surface area contributed by atoms with Crippen LogP contribution in [0.3, 0.4) is 0 Å². The number of aliphatic carboxylic acids is 1. The van der Waals surface area contributed by atoms with Crippen LogP contribution in [0.25, 0.3) is 0 Å². The number of carboxylic acids is 1. The molecule has 1 aromatic rings. The fourth-order valence-corrected chi connectivity index (χ4v) is 1.55. The van der Waals surface area contributed by atoms with Gasteiger partial charge in [-0.25, -0.2) is 0 Å². The first-order chi connectivity index (χ1) is 9.47. The van der Waals surface area contributed by atoms with Gasteiger partial charge in [-0.05, 0) is 19.4 Å². The Bertz CT molecular complexity index is 510. The third-order valence-corrected chi connectivity index (χ3v) is 2.57. The number of hydrogen-bond acceptors (Lipinski definition) is 4. The molecule has 0 aliphatic rings. The quantitative estimate of drug-likeness (QED) is 0.618. The molecule has 0 bridgehead atoms. The van der Waals surface area contributed by atoms with E-state index in [0.29, 0.717) is 18.7 Å². The molecule has 0 fully saturated rings. The Balaban J connectivity index is 2.56. The second kappa shape index (κ2) is 7.27. The lowest BCUT2D eigenvalue weighted by Gasteiger charge is -2.06. The minimum Gasteiger partial charge on any atom is -0.480 e. The fraction of sp³-hybridized carbons (Fsp3) is 0.500. The first kappa shape index (κ1) is 15.7. The Morgan fingerprint density at radius 1 is 1.25 bits per heavy atom. The molecule has 8 heteroatoms. The molecule has 8 nitrogen and oxygen atoms in total. The maximum Gasteiger partial charge on any atom is 0.322 e. The van der Waals surface area contributed by atoms with Crippen LogP contribution in [0, 0.1) is 0 Å². The van der Waals surface area contributed by atoms with Gasteiger partial charge in [-0.1, -0.05) is 6.92 Å². The Morgan fingerprint density at radius 3 is 2.50 bits per heavy atom. The number of nitrogens with one attached hydrogen (secondary N) is 2. The summed E-state index contributed by atoms with van der Waals surface area (Å²) in [5, 5.41) is 17.2. The molecule has 3 N–H and O–H groups in total. The SMILES string of the molecule is CCc1cc(C(=O)NCC(=O)NCC(=O)O)n(CC)n1. The summed E-state index contributed by atoms with van der Waals surface area (Å²) in [4.78, 5) is 33.5. The van der Waals surface area contributed by atoms with E-state index in [1.807, 2.05) is 13.8 Å². The van der Waals surface area contributed by atoms with Crippen LogP contribution >= 0.6 is 0 Å². The van der Waals surface area contributed by atoms with Crippen LogP contribution in [0.4, 0.5) is 0 Å². The molecule has 0 aromatic carbocycles. The van der Waals surface area contributed by atoms with Crippen LogP contribution in [0.5, 0.6) is 0 Å². The molecule has 0 saturated heterocycles. The summed E-state index contributed by atoms with van der Waals surface area (Å²) in [5.74, 6) is -2.11. The minimum atomic E-state index is -1.14.